The lowest BCUT2D eigenvalue weighted by Gasteiger charge is -2.10. The maximum absolute atomic E-state index is 5.79. The number of pyridine rings is 1. The van der Waals surface area contributed by atoms with E-state index in [0.717, 1.165) is 23.5 Å². The lowest BCUT2D eigenvalue weighted by Crippen LogP contribution is -2.00. The Kier molecular flexibility index (Phi) is 5.12. The van der Waals surface area contributed by atoms with E-state index in [1.807, 2.05) is 24.3 Å². The van der Waals surface area contributed by atoms with Crippen molar-refractivity contribution in [2.24, 2.45) is 0 Å². The van der Waals surface area contributed by atoms with Crippen molar-refractivity contribution in [2.75, 3.05) is 5.32 Å². The van der Waals surface area contributed by atoms with Crippen molar-refractivity contribution in [1.29, 1.82) is 0 Å². The van der Waals surface area contributed by atoms with Gasteiger partial charge >= 0.3 is 0 Å². The van der Waals surface area contributed by atoms with Crippen molar-refractivity contribution in [3.63, 3.8) is 0 Å². The first-order valence-corrected chi connectivity index (χ1v) is 8.12. The van der Waals surface area contributed by atoms with Gasteiger partial charge in [-0.1, -0.05) is 18.2 Å². The van der Waals surface area contributed by atoms with Crippen molar-refractivity contribution in [3.8, 4) is 5.75 Å². The molecule has 1 heterocycles. The molecule has 0 saturated heterocycles. The van der Waals surface area contributed by atoms with Crippen molar-refractivity contribution >= 4 is 5.69 Å². The monoisotopic (exact) mass is 318 g/mol. The summed E-state index contributed by atoms with van der Waals surface area (Å²) in [6.07, 6.45) is 3.56. The summed E-state index contributed by atoms with van der Waals surface area (Å²) in [6.45, 7) is 5.59. The number of nitrogens with zero attached hydrogens (tertiary/aromatic N) is 1. The summed E-state index contributed by atoms with van der Waals surface area (Å²) in [5.41, 5.74) is 6.05. The second-order valence-corrected chi connectivity index (χ2v) is 6.02. The highest BCUT2D eigenvalue weighted by Crippen LogP contribution is 2.17. The number of rotatable bonds is 6. The maximum atomic E-state index is 5.79. The number of ether oxygens (including phenoxy) is 1. The Bertz CT molecular complexity index is 762. The minimum Gasteiger partial charge on any atom is -0.489 e. The fraction of sp³-hybridized carbons (Fsp3) is 0.190. The Morgan fingerprint density at radius 3 is 2.17 bits per heavy atom. The number of nitrogens with one attached hydrogen (secondary N) is 1. The highest BCUT2D eigenvalue weighted by atomic mass is 16.5. The number of hydrogen-bond acceptors (Lipinski definition) is 3. The van der Waals surface area contributed by atoms with E-state index in [1.54, 1.807) is 12.4 Å². The van der Waals surface area contributed by atoms with Gasteiger partial charge in [0.1, 0.15) is 12.4 Å². The van der Waals surface area contributed by atoms with Crippen LogP contribution in [0.5, 0.6) is 5.75 Å². The van der Waals surface area contributed by atoms with Gasteiger partial charge in [-0.2, -0.15) is 0 Å². The molecule has 0 saturated carbocycles. The molecule has 1 aromatic heterocycles. The molecular formula is C21H22N2O. The van der Waals surface area contributed by atoms with E-state index in [9.17, 15) is 0 Å². The lowest BCUT2D eigenvalue weighted by atomic mass is 10.1. The summed E-state index contributed by atoms with van der Waals surface area (Å²) in [4.78, 5) is 4.01. The molecule has 0 aliphatic carbocycles. The van der Waals surface area contributed by atoms with Crippen molar-refractivity contribution in [2.45, 2.75) is 27.0 Å². The predicted molar refractivity (Wildman–Crippen MR) is 98.3 cm³/mol. The summed E-state index contributed by atoms with van der Waals surface area (Å²) in [7, 11) is 0. The zero-order valence-corrected chi connectivity index (χ0v) is 14.1. The van der Waals surface area contributed by atoms with E-state index in [-0.39, 0.29) is 0 Å². The van der Waals surface area contributed by atoms with Gasteiger partial charge in [-0.15, -0.1) is 0 Å². The molecule has 0 fully saturated rings. The quantitative estimate of drug-likeness (QED) is 0.702. The molecule has 3 nitrogen and oxygen atoms in total. The van der Waals surface area contributed by atoms with Gasteiger partial charge in [0.25, 0.3) is 0 Å². The minimum absolute atomic E-state index is 0.558. The molecule has 0 aliphatic rings. The number of hydrogen-bond donors (Lipinski definition) is 1. The van der Waals surface area contributed by atoms with Gasteiger partial charge in [-0.3, -0.25) is 4.98 Å². The van der Waals surface area contributed by atoms with Crippen molar-refractivity contribution in [3.05, 3.63) is 89.2 Å². The summed E-state index contributed by atoms with van der Waals surface area (Å²) < 4.78 is 5.79. The standard InChI is InChI=1S/C21H22N2O/c1-16-11-17(2)13-20(12-16)23-14-18-3-5-21(6-4-18)24-15-19-7-9-22-10-8-19/h3-13,23H,14-15H2,1-2H3. The Labute approximate surface area is 143 Å². The summed E-state index contributed by atoms with van der Waals surface area (Å²) in [6, 6.07) is 18.7. The zero-order valence-electron chi connectivity index (χ0n) is 14.1. The summed E-state index contributed by atoms with van der Waals surface area (Å²) in [5.74, 6) is 0.877. The van der Waals surface area contributed by atoms with Crippen LogP contribution in [0, 0.1) is 13.8 Å². The van der Waals surface area contributed by atoms with E-state index in [2.05, 4.69) is 54.5 Å². The molecule has 122 valence electrons. The molecule has 0 amide bonds. The fourth-order valence-corrected chi connectivity index (χ4v) is 2.63. The van der Waals surface area contributed by atoms with Crippen LogP contribution in [0.15, 0.2) is 67.0 Å². The molecule has 1 N–H and O–H groups in total. The van der Waals surface area contributed by atoms with E-state index < -0.39 is 0 Å². The molecule has 3 aromatic rings. The van der Waals surface area contributed by atoms with Crippen LogP contribution in [0.4, 0.5) is 5.69 Å². The molecule has 3 heteroatoms. The van der Waals surface area contributed by atoms with Crippen LogP contribution in [0.25, 0.3) is 0 Å². The Hall–Kier alpha value is -2.81. The molecule has 0 aliphatic heterocycles. The van der Waals surface area contributed by atoms with Crippen LogP contribution in [-0.4, -0.2) is 4.98 Å². The number of benzene rings is 2. The second-order valence-electron chi connectivity index (χ2n) is 6.02. The summed E-state index contributed by atoms with van der Waals surface area (Å²) >= 11 is 0. The average Bonchev–Trinajstić information content (AvgIpc) is 2.59. The van der Waals surface area contributed by atoms with E-state index >= 15 is 0 Å². The van der Waals surface area contributed by atoms with Gasteiger partial charge < -0.3 is 10.1 Å². The van der Waals surface area contributed by atoms with E-state index in [0.29, 0.717) is 6.61 Å². The Morgan fingerprint density at radius 2 is 1.50 bits per heavy atom. The predicted octanol–water partition coefficient (Wildman–Crippen LogP) is 4.89. The molecule has 24 heavy (non-hydrogen) atoms. The van der Waals surface area contributed by atoms with Gasteiger partial charge in [0.15, 0.2) is 0 Å². The normalized spacial score (nSPS) is 10.4. The van der Waals surface area contributed by atoms with Crippen LogP contribution in [0.2, 0.25) is 0 Å². The van der Waals surface area contributed by atoms with Gasteiger partial charge in [0.2, 0.25) is 0 Å². The first-order valence-electron chi connectivity index (χ1n) is 8.12. The molecule has 0 bridgehead atoms. The van der Waals surface area contributed by atoms with Crippen molar-refractivity contribution in [1.82, 2.24) is 4.98 Å². The largest absolute Gasteiger partial charge is 0.489 e. The van der Waals surface area contributed by atoms with Crippen LogP contribution >= 0.6 is 0 Å². The van der Waals surface area contributed by atoms with Gasteiger partial charge in [-0.25, -0.2) is 0 Å². The van der Waals surface area contributed by atoms with Crippen molar-refractivity contribution < 1.29 is 4.74 Å². The highest BCUT2D eigenvalue weighted by Gasteiger charge is 1.99. The van der Waals surface area contributed by atoms with Gasteiger partial charge in [-0.05, 0) is 72.5 Å². The third kappa shape index (κ3) is 4.59. The minimum atomic E-state index is 0.558. The lowest BCUT2D eigenvalue weighted by molar-refractivity contribution is 0.306. The molecule has 3 rings (SSSR count). The molecular weight excluding hydrogens is 296 g/mol. The number of anilines is 1. The average molecular weight is 318 g/mol. The first kappa shape index (κ1) is 16.1. The third-order valence-electron chi connectivity index (χ3n) is 3.80. The van der Waals surface area contributed by atoms with Crippen LogP contribution in [-0.2, 0) is 13.2 Å². The highest BCUT2D eigenvalue weighted by molar-refractivity contribution is 5.48. The first-order chi connectivity index (χ1) is 11.7. The maximum Gasteiger partial charge on any atom is 0.119 e. The number of aromatic nitrogens is 1. The molecule has 0 spiro atoms. The second kappa shape index (κ2) is 7.64. The smallest absolute Gasteiger partial charge is 0.119 e. The molecule has 0 radical (unpaired) electrons. The van der Waals surface area contributed by atoms with Crippen LogP contribution in [0.1, 0.15) is 22.3 Å². The fourth-order valence-electron chi connectivity index (χ4n) is 2.63. The SMILES string of the molecule is Cc1cc(C)cc(NCc2ccc(OCc3ccncc3)cc2)c1. The zero-order chi connectivity index (χ0) is 16.8. The molecule has 0 atom stereocenters. The Morgan fingerprint density at radius 1 is 0.833 bits per heavy atom. The van der Waals surface area contributed by atoms with E-state index in [1.165, 1.54) is 16.7 Å². The Balaban J connectivity index is 1.54. The van der Waals surface area contributed by atoms with E-state index in [4.69, 9.17) is 4.74 Å². The topological polar surface area (TPSA) is 34.1 Å². The van der Waals surface area contributed by atoms with Crippen LogP contribution in [0.3, 0.4) is 0 Å². The molecule has 0 unspecified atom stereocenters. The third-order valence-corrected chi connectivity index (χ3v) is 3.80. The summed E-state index contributed by atoms with van der Waals surface area (Å²) in [5, 5.41) is 3.47. The van der Waals surface area contributed by atoms with Crippen LogP contribution < -0.4 is 10.1 Å². The molecule has 2 aromatic carbocycles. The van der Waals surface area contributed by atoms with Gasteiger partial charge in [0, 0.05) is 24.6 Å². The number of aryl methyl sites for hydroxylation is 2. The van der Waals surface area contributed by atoms with Gasteiger partial charge in [0.05, 0.1) is 0 Å².